The molecule has 1 heterocycles. The lowest BCUT2D eigenvalue weighted by atomic mass is 9.99. The number of nitrogens with two attached hydrogens (primary N) is 1. The van der Waals surface area contributed by atoms with Gasteiger partial charge in [-0.15, -0.1) is 0 Å². The number of carbonyl (C=O) groups excluding carboxylic acids is 1. The Kier molecular flexibility index (Phi) is 3.30. The number of ether oxygens (including phenoxy) is 1. The van der Waals surface area contributed by atoms with Crippen molar-refractivity contribution in [2.24, 2.45) is 0 Å². The predicted octanol–water partition coefficient (Wildman–Crippen LogP) is 1.79. The largest absolute Gasteiger partial charge is 0.398 e. The minimum absolute atomic E-state index is 0.0767. The first-order chi connectivity index (χ1) is 8.41. The van der Waals surface area contributed by atoms with Gasteiger partial charge in [-0.1, -0.05) is 6.07 Å². The number of nitrogens with one attached hydrogen (secondary N) is 1. The van der Waals surface area contributed by atoms with Gasteiger partial charge in [0.25, 0.3) is 5.91 Å². The lowest BCUT2D eigenvalue weighted by Gasteiger charge is -2.24. The van der Waals surface area contributed by atoms with E-state index in [0.29, 0.717) is 24.5 Å². The Morgan fingerprint density at radius 1 is 1.39 bits per heavy atom. The summed E-state index contributed by atoms with van der Waals surface area (Å²) in [6, 6.07) is 3.69. The number of aryl methyl sites for hydroxylation is 2. The topological polar surface area (TPSA) is 64.3 Å². The van der Waals surface area contributed by atoms with Crippen LogP contribution in [0.1, 0.15) is 34.8 Å². The van der Waals surface area contributed by atoms with Crippen molar-refractivity contribution in [3.05, 3.63) is 28.8 Å². The molecule has 4 nitrogen and oxygen atoms in total. The van der Waals surface area contributed by atoms with Crippen LogP contribution in [0.4, 0.5) is 5.69 Å². The summed E-state index contributed by atoms with van der Waals surface area (Å²) < 4.78 is 5.33. The van der Waals surface area contributed by atoms with Crippen LogP contribution in [0, 0.1) is 13.8 Å². The first-order valence-corrected chi connectivity index (χ1v) is 6.18. The van der Waals surface area contributed by atoms with Gasteiger partial charge in [-0.25, -0.2) is 0 Å². The minimum atomic E-state index is -0.261. The van der Waals surface area contributed by atoms with E-state index in [1.54, 1.807) is 6.07 Å². The van der Waals surface area contributed by atoms with Crippen molar-refractivity contribution in [3.8, 4) is 0 Å². The van der Waals surface area contributed by atoms with Crippen LogP contribution >= 0.6 is 0 Å². The van der Waals surface area contributed by atoms with Gasteiger partial charge < -0.3 is 15.8 Å². The van der Waals surface area contributed by atoms with Crippen molar-refractivity contribution in [2.75, 3.05) is 18.9 Å². The second kappa shape index (κ2) is 4.61. The summed E-state index contributed by atoms with van der Waals surface area (Å²) in [5.41, 5.74) is 8.84. The molecule has 0 spiro atoms. The number of nitrogen functional groups attached to an aromatic ring is 1. The Labute approximate surface area is 108 Å². The molecule has 0 saturated carbocycles. The quantitative estimate of drug-likeness (QED) is 0.784. The molecule has 0 radical (unpaired) electrons. The maximum atomic E-state index is 12.3. The van der Waals surface area contributed by atoms with Gasteiger partial charge in [0.1, 0.15) is 0 Å². The Balaban J connectivity index is 2.21. The highest BCUT2D eigenvalue weighted by atomic mass is 16.5. The molecule has 0 aliphatic carbocycles. The van der Waals surface area contributed by atoms with Crippen LogP contribution in [-0.2, 0) is 4.74 Å². The highest BCUT2D eigenvalue weighted by Gasteiger charge is 2.31. The van der Waals surface area contributed by atoms with Crippen molar-refractivity contribution >= 4 is 11.6 Å². The van der Waals surface area contributed by atoms with E-state index in [1.165, 1.54) is 0 Å². The molecular formula is C14H20N2O2. The second-order valence-corrected chi connectivity index (χ2v) is 5.34. The highest BCUT2D eigenvalue weighted by Crippen LogP contribution is 2.21. The number of anilines is 1. The van der Waals surface area contributed by atoms with Gasteiger partial charge in [-0.3, -0.25) is 4.79 Å². The third kappa shape index (κ3) is 2.48. The molecule has 0 aromatic heterocycles. The Bertz CT molecular complexity index is 477. The third-order valence-corrected chi connectivity index (χ3v) is 3.49. The maximum absolute atomic E-state index is 12.3. The fourth-order valence-corrected chi connectivity index (χ4v) is 2.22. The van der Waals surface area contributed by atoms with E-state index >= 15 is 0 Å². The maximum Gasteiger partial charge on any atom is 0.252 e. The van der Waals surface area contributed by atoms with Gasteiger partial charge in [0, 0.05) is 17.9 Å². The summed E-state index contributed by atoms with van der Waals surface area (Å²) in [5, 5.41) is 3.04. The van der Waals surface area contributed by atoms with Crippen molar-refractivity contribution < 1.29 is 9.53 Å². The molecule has 0 bridgehead atoms. The number of hydrogen-bond acceptors (Lipinski definition) is 3. The number of rotatable bonds is 2. The van der Waals surface area contributed by atoms with E-state index in [4.69, 9.17) is 10.5 Å². The molecule has 1 aliphatic rings. The van der Waals surface area contributed by atoms with Gasteiger partial charge in [-0.2, -0.15) is 0 Å². The van der Waals surface area contributed by atoms with E-state index < -0.39 is 0 Å². The lowest BCUT2D eigenvalue weighted by molar-refractivity contribution is 0.0889. The van der Waals surface area contributed by atoms with E-state index in [0.717, 1.165) is 17.5 Å². The SMILES string of the molecule is Cc1cc(C)c(C(=O)NC2(C)CCOC2)cc1N. The van der Waals surface area contributed by atoms with E-state index in [-0.39, 0.29) is 11.4 Å². The molecule has 4 heteroatoms. The fraction of sp³-hybridized carbons (Fsp3) is 0.500. The fourth-order valence-electron chi connectivity index (χ4n) is 2.22. The Morgan fingerprint density at radius 3 is 2.72 bits per heavy atom. The lowest BCUT2D eigenvalue weighted by Crippen LogP contribution is -2.46. The molecule has 1 amide bonds. The number of amides is 1. The standard InChI is InChI=1S/C14H20N2O2/c1-9-6-10(2)12(15)7-11(9)13(17)16-14(3)4-5-18-8-14/h6-7H,4-5,8,15H2,1-3H3,(H,16,17). The molecular weight excluding hydrogens is 228 g/mol. The average molecular weight is 248 g/mol. The molecule has 1 atom stereocenters. The molecule has 1 aromatic carbocycles. The minimum Gasteiger partial charge on any atom is -0.398 e. The van der Waals surface area contributed by atoms with Gasteiger partial charge in [0.15, 0.2) is 0 Å². The van der Waals surface area contributed by atoms with Crippen LogP contribution < -0.4 is 11.1 Å². The van der Waals surface area contributed by atoms with Crippen molar-refractivity contribution in [2.45, 2.75) is 32.7 Å². The van der Waals surface area contributed by atoms with Gasteiger partial charge in [-0.05, 0) is 44.4 Å². The van der Waals surface area contributed by atoms with Crippen molar-refractivity contribution in [1.82, 2.24) is 5.32 Å². The van der Waals surface area contributed by atoms with Gasteiger partial charge in [0.05, 0.1) is 12.1 Å². The van der Waals surface area contributed by atoms with Crippen LogP contribution in [-0.4, -0.2) is 24.7 Å². The number of benzene rings is 1. The summed E-state index contributed by atoms with van der Waals surface area (Å²) in [4.78, 5) is 12.3. The number of carbonyl (C=O) groups is 1. The zero-order valence-corrected chi connectivity index (χ0v) is 11.2. The van der Waals surface area contributed by atoms with Crippen LogP contribution in [0.3, 0.4) is 0 Å². The normalized spacial score (nSPS) is 23.1. The first-order valence-electron chi connectivity index (χ1n) is 6.18. The van der Waals surface area contributed by atoms with Crippen LogP contribution in [0.25, 0.3) is 0 Å². The molecule has 3 N–H and O–H groups in total. The molecule has 18 heavy (non-hydrogen) atoms. The second-order valence-electron chi connectivity index (χ2n) is 5.34. The molecule has 1 aliphatic heterocycles. The summed E-state index contributed by atoms with van der Waals surface area (Å²) in [6.07, 6.45) is 0.846. The van der Waals surface area contributed by atoms with Crippen LogP contribution in [0.15, 0.2) is 12.1 Å². The van der Waals surface area contributed by atoms with Gasteiger partial charge in [0.2, 0.25) is 0 Å². The van der Waals surface area contributed by atoms with Crippen LogP contribution in [0.5, 0.6) is 0 Å². The first kappa shape index (κ1) is 12.9. The Hall–Kier alpha value is -1.55. The monoisotopic (exact) mass is 248 g/mol. The van der Waals surface area contributed by atoms with E-state index in [2.05, 4.69) is 5.32 Å². The molecule has 1 aromatic rings. The number of hydrogen-bond donors (Lipinski definition) is 2. The van der Waals surface area contributed by atoms with Crippen LogP contribution in [0.2, 0.25) is 0 Å². The third-order valence-electron chi connectivity index (χ3n) is 3.49. The molecule has 1 unspecified atom stereocenters. The molecule has 1 fully saturated rings. The zero-order valence-electron chi connectivity index (χ0n) is 11.2. The molecule has 2 rings (SSSR count). The molecule has 98 valence electrons. The average Bonchev–Trinajstić information content (AvgIpc) is 2.70. The molecule has 1 saturated heterocycles. The van der Waals surface area contributed by atoms with Crippen molar-refractivity contribution in [1.29, 1.82) is 0 Å². The summed E-state index contributed by atoms with van der Waals surface area (Å²) in [6.45, 7) is 7.14. The van der Waals surface area contributed by atoms with E-state index in [9.17, 15) is 4.79 Å². The van der Waals surface area contributed by atoms with Crippen molar-refractivity contribution in [3.63, 3.8) is 0 Å². The zero-order chi connectivity index (χ0) is 13.3. The summed E-state index contributed by atoms with van der Waals surface area (Å²) in [5.74, 6) is -0.0767. The highest BCUT2D eigenvalue weighted by molar-refractivity contribution is 5.97. The summed E-state index contributed by atoms with van der Waals surface area (Å²) in [7, 11) is 0. The smallest absolute Gasteiger partial charge is 0.252 e. The van der Waals surface area contributed by atoms with Gasteiger partial charge >= 0.3 is 0 Å². The summed E-state index contributed by atoms with van der Waals surface area (Å²) >= 11 is 0. The Morgan fingerprint density at radius 2 is 2.11 bits per heavy atom. The van der Waals surface area contributed by atoms with E-state index in [1.807, 2.05) is 26.8 Å². The predicted molar refractivity (Wildman–Crippen MR) is 71.6 cm³/mol.